The molecular formula is C26H26N2O7. The fourth-order valence-electron chi connectivity index (χ4n) is 3.50. The average molecular weight is 479 g/mol. The van der Waals surface area contributed by atoms with Crippen molar-refractivity contribution in [3.63, 3.8) is 0 Å². The maximum atomic E-state index is 13.2. The van der Waals surface area contributed by atoms with Gasteiger partial charge in [-0.25, -0.2) is 9.59 Å². The van der Waals surface area contributed by atoms with Gasteiger partial charge in [-0.3, -0.25) is 4.79 Å². The third-order valence-electron chi connectivity index (χ3n) is 5.20. The molecule has 1 aliphatic heterocycles. The lowest BCUT2D eigenvalue weighted by molar-refractivity contribution is -0.139. The lowest BCUT2D eigenvalue weighted by atomic mass is 10.1. The Balaban J connectivity index is 1.96. The number of amides is 1. The van der Waals surface area contributed by atoms with Crippen LogP contribution in [0.4, 0.5) is 5.69 Å². The van der Waals surface area contributed by atoms with Gasteiger partial charge in [-0.15, -0.1) is 0 Å². The Kier molecular flexibility index (Phi) is 8.29. The standard InChI is InChI=1S/C26H26N2O7/c1-32-21-13-12-17(15-22(21)33-2)16-27-24(29)18-9-5-6-11-20(18)28-14-8-7-10-19(25(30)34-3)23(28)26(31)35-4/h5-15H,16H2,1-4H3,(H,27,29). The van der Waals surface area contributed by atoms with E-state index in [4.69, 9.17) is 18.9 Å². The summed E-state index contributed by atoms with van der Waals surface area (Å²) in [5, 5.41) is 2.88. The third kappa shape index (κ3) is 5.52. The average Bonchev–Trinajstić information content (AvgIpc) is 3.13. The molecule has 1 N–H and O–H groups in total. The summed E-state index contributed by atoms with van der Waals surface area (Å²) in [6.45, 7) is 0.220. The highest BCUT2D eigenvalue weighted by Crippen LogP contribution is 2.30. The van der Waals surface area contributed by atoms with Crippen molar-refractivity contribution in [2.75, 3.05) is 33.3 Å². The minimum atomic E-state index is -0.762. The number of rotatable bonds is 8. The zero-order valence-electron chi connectivity index (χ0n) is 19.9. The number of allylic oxidation sites excluding steroid dienone is 2. The van der Waals surface area contributed by atoms with E-state index in [-0.39, 0.29) is 29.3 Å². The smallest absolute Gasteiger partial charge is 0.355 e. The van der Waals surface area contributed by atoms with Crippen LogP contribution >= 0.6 is 0 Å². The van der Waals surface area contributed by atoms with Crippen molar-refractivity contribution in [3.05, 3.63) is 89.3 Å². The number of carbonyl (C=O) groups is 3. The highest BCUT2D eigenvalue weighted by Gasteiger charge is 2.29. The minimum absolute atomic E-state index is 0.00936. The summed E-state index contributed by atoms with van der Waals surface area (Å²) < 4.78 is 20.3. The molecule has 1 amide bonds. The first kappa shape index (κ1) is 25.1. The molecular weight excluding hydrogens is 452 g/mol. The normalized spacial score (nSPS) is 12.6. The van der Waals surface area contributed by atoms with Crippen LogP contribution < -0.4 is 19.7 Å². The summed E-state index contributed by atoms with van der Waals surface area (Å²) in [4.78, 5) is 39.8. The number of hydrogen-bond donors (Lipinski definition) is 1. The van der Waals surface area contributed by atoms with E-state index in [1.54, 1.807) is 61.9 Å². The Hall–Kier alpha value is -4.53. The fraction of sp³-hybridized carbons (Fsp3) is 0.192. The van der Waals surface area contributed by atoms with Crippen molar-refractivity contribution >= 4 is 23.5 Å². The van der Waals surface area contributed by atoms with Gasteiger partial charge in [0.15, 0.2) is 11.5 Å². The molecule has 0 aromatic heterocycles. The number of benzene rings is 2. The van der Waals surface area contributed by atoms with Crippen LogP contribution in [-0.2, 0) is 25.6 Å². The van der Waals surface area contributed by atoms with E-state index >= 15 is 0 Å². The Morgan fingerprint density at radius 1 is 0.857 bits per heavy atom. The van der Waals surface area contributed by atoms with E-state index in [2.05, 4.69) is 5.32 Å². The number of para-hydroxylation sites is 1. The lowest BCUT2D eigenvalue weighted by Gasteiger charge is -2.25. The number of esters is 2. The van der Waals surface area contributed by atoms with Gasteiger partial charge in [0.25, 0.3) is 5.91 Å². The molecule has 2 aromatic rings. The second kappa shape index (κ2) is 11.6. The van der Waals surface area contributed by atoms with Gasteiger partial charge < -0.3 is 29.2 Å². The first-order chi connectivity index (χ1) is 16.9. The van der Waals surface area contributed by atoms with Gasteiger partial charge in [-0.05, 0) is 42.0 Å². The molecule has 9 heteroatoms. The van der Waals surface area contributed by atoms with Gasteiger partial charge in [-0.2, -0.15) is 0 Å². The van der Waals surface area contributed by atoms with Crippen molar-refractivity contribution in [2.24, 2.45) is 0 Å². The summed E-state index contributed by atoms with van der Waals surface area (Å²) in [6.07, 6.45) is 6.25. The number of anilines is 1. The molecule has 0 unspecified atom stereocenters. The first-order valence-corrected chi connectivity index (χ1v) is 10.6. The summed E-state index contributed by atoms with van der Waals surface area (Å²) in [7, 11) is 5.51. The molecule has 0 saturated carbocycles. The van der Waals surface area contributed by atoms with E-state index in [0.29, 0.717) is 17.2 Å². The van der Waals surface area contributed by atoms with Crippen LogP contribution in [0, 0.1) is 0 Å². The second-order valence-corrected chi connectivity index (χ2v) is 7.21. The predicted molar refractivity (Wildman–Crippen MR) is 129 cm³/mol. The summed E-state index contributed by atoms with van der Waals surface area (Å²) in [5.74, 6) is -0.735. The number of ether oxygens (including phenoxy) is 4. The van der Waals surface area contributed by atoms with Gasteiger partial charge in [0, 0.05) is 12.7 Å². The third-order valence-corrected chi connectivity index (χ3v) is 5.20. The van der Waals surface area contributed by atoms with Crippen molar-refractivity contribution < 1.29 is 33.3 Å². The maximum Gasteiger partial charge on any atom is 0.355 e. The molecule has 2 aromatic carbocycles. The van der Waals surface area contributed by atoms with E-state index in [1.165, 1.54) is 32.3 Å². The van der Waals surface area contributed by atoms with Crippen molar-refractivity contribution in [1.29, 1.82) is 0 Å². The minimum Gasteiger partial charge on any atom is -0.493 e. The zero-order chi connectivity index (χ0) is 25.4. The Bertz CT molecular complexity index is 1210. The number of nitrogens with one attached hydrogen (secondary N) is 1. The largest absolute Gasteiger partial charge is 0.493 e. The SMILES string of the molecule is COC(=O)C1=C(C(=O)OC)N(c2ccccc2C(=O)NCc2ccc(OC)c(OC)c2)C=CC=C1. The molecule has 0 radical (unpaired) electrons. The van der Waals surface area contributed by atoms with Crippen LogP contribution in [0.25, 0.3) is 0 Å². The number of carbonyl (C=O) groups excluding carboxylic acids is 3. The maximum absolute atomic E-state index is 13.2. The van der Waals surface area contributed by atoms with Gasteiger partial charge in [0.05, 0.1) is 45.3 Å². The molecule has 9 nitrogen and oxygen atoms in total. The molecule has 0 bridgehead atoms. The number of methoxy groups -OCH3 is 4. The molecule has 0 spiro atoms. The van der Waals surface area contributed by atoms with Crippen molar-refractivity contribution in [2.45, 2.75) is 6.54 Å². The van der Waals surface area contributed by atoms with Gasteiger partial charge in [-0.1, -0.05) is 24.3 Å². The molecule has 0 saturated heterocycles. The van der Waals surface area contributed by atoms with Gasteiger partial charge >= 0.3 is 11.9 Å². The van der Waals surface area contributed by atoms with E-state index in [0.717, 1.165) is 5.56 Å². The summed E-state index contributed by atoms with van der Waals surface area (Å²) in [5.41, 5.74) is 1.37. The monoisotopic (exact) mass is 478 g/mol. The number of hydrogen-bond acceptors (Lipinski definition) is 8. The van der Waals surface area contributed by atoms with E-state index in [9.17, 15) is 14.4 Å². The van der Waals surface area contributed by atoms with Crippen LogP contribution in [0.5, 0.6) is 11.5 Å². The quantitative estimate of drug-likeness (QED) is 0.578. The molecule has 0 fully saturated rings. The van der Waals surface area contributed by atoms with Crippen molar-refractivity contribution in [1.82, 2.24) is 5.32 Å². The second-order valence-electron chi connectivity index (χ2n) is 7.21. The number of nitrogens with zero attached hydrogens (tertiary/aromatic N) is 1. The zero-order valence-corrected chi connectivity index (χ0v) is 19.9. The predicted octanol–water partition coefficient (Wildman–Crippen LogP) is 3.12. The Labute approximate surface area is 203 Å². The molecule has 0 atom stereocenters. The highest BCUT2D eigenvalue weighted by atomic mass is 16.5. The summed E-state index contributed by atoms with van der Waals surface area (Å²) >= 11 is 0. The molecule has 1 aliphatic rings. The molecule has 182 valence electrons. The Morgan fingerprint density at radius 2 is 1.57 bits per heavy atom. The molecule has 1 heterocycles. The van der Waals surface area contributed by atoms with Crippen molar-refractivity contribution in [3.8, 4) is 11.5 Å². The lowest BCUT2D eigenvalue weighted by Crippen LogP contribution is -2.30. The fourth-order valence-corrected chi connectivity index (χ4v) is 3.50. The highest BCUT2D eigenvalue weighted by molar-refractivity contribution is 6.07. The summed E-state index contributed by atoms with van der Waals surface area (Å²) in [6, 6.07) is 12.1. The molecule has 3 rings (SSSR count). The Morgan fingerprint density at radius 3 is 2.26 bits per heavy atom. The van der Waals surface area contributed by atoms with Gasteiger partial charge in [0.1, 0.15) is 5.70 Å². The van der Waals surface area contributed by atoms with Crippen LogP contribution in [0.15, 0.2) is 78.2 Å². The van der Waals surface area contributed by atoms with Crippen LogP contribution in [0.1, 0.15) is 15.9 Å². The van der Waals surface area contributed by atoms with E-state index < -0.39 is 11.9 Å². The van der Waals surface area contributed by atoms with Crippen LogP contribution in [0.3, 0.4) is 0 Å². The topological polar surface area (TPSA) is 103 Å². The van der Waals surface area contributed by atoms with E-state index in [1.807, 2.05) is 6.07 Å². The molecule has 35 heavy (non-hydrogen) atoms. The first-order valence-electron chi connectivity index (χ1n) is 10.6. The van der Waals surface area contributed by atoms with Crippen LogP contribution in [-0.4, -0.2) is 46.3 Å². The van der Waals surface area contributed by atoms with Gasteiger partial charge in [0.2, 0.25) is 0 Å². The molecule has 0 aliphatic carbocycles. The van der Waals surface area contributed by atoms with Crippen LogP contribution in [0.2, 0.25) is 0 Å².